The van der Waals surface area contributed by atoms with Crippen LogP contribution >= 0.6 is 46.6 Å². The van der Waals surface area contributed by atoms with E-state index in [-0.39, 0.29) is 20.7 Å². The number of rotatable bonds is 4. The summed E-state index contributed by atoms with van der Waals surface area (Å²) in [6.45, 7) is -0.429. The molecule has 0 radical (unpaired) electrons. The largest absolute Gasteiger partial charge is 0.505 e. The van der Waals surface area contributed by atoms with Gasteiger partial charge in [0.15, 0.2) is 5.75 Å². The minimum Gasteiger partial charge on any atom is -0.505 e. The van der Waals surface area contributed by atoms with E-state index in [9.17, 15) is 19.5 Å². The highest BCUT2D eigenvalue weighted by atomic mass is 35.5. The fourth-order valence-electron chi connectivity index (χ4n) is 2.33. The van der Waals surface area contributed by atoms with E-state index in [1.165, 1.54) is 18.2 Å². The van der Waals surface area contributed by atoms with Gasteiger partial charge in [-0.15, -0.1) is 0 Å². The number of carbonyl (C=O) groups excluding carboxylic acids is 3. The van der Waals surface area contributed by atoms with E-state index < -0.39 is 23.6 Å². The number of halogens is 3. The molecule has 1 saturated heterocycles. The summed E-state index contributed by atoms with van der Waals surface area (Å²) >= 11 is 18.2. The summed E-state index contributed by atoms with van der Waals surface area (Å²) in [4.78, 5) is 37.7. The van der Waals surface area contributed by atoms with Crippen LogP contribution in [0.15, 0.2) is 41.3 Å². The fraction of sp³-hybridized carbons (Fsp3) is 0.0556. The summed E-state index contributed by atoms with van der Waals surface area (Å²) < 4.78 is 0. The molecule has 3 rings (SSSR count). The molecule has 1 aliphatic heterocycles. The zero-order chi connectivity index (χ0) is 20.4. The first-order chi connectivity index (χ1) is 13.2. The van der Waals surface area contributed by atoms with E-state index in [1.807, 2.05) is 0 Å². The van der Waals surface area contributed by atoms with Crippen LogP contribution < -0.4 is 5.32 Å². The number of nitrogens with zero attached hydrogens (tertiary/aromatic N) is 1. The Morgan fingerprint density at radius 2 is 1.71 bits per heavy atom. The monoisotopic (exact) mass is 456 g/mol. The summed E-state index contributed by atoms with van der Waals surface area (Å²) in [5.41, 5.74) is 0.925. The third kappa shape index (κ3) is 4.62. The maximum absolute atomic E-state index is 12.5. The summed E-state index contributed by atoms with van der Waals surface area (Å²) in [6, 6.07) is 9.23. The molecule has 144 valence electrons. The molecule has 2 N–H and O–H groups in total. The zero-order valence-electron chi connectivity index (χ0n) is 13.9. The molecule has 0 aliphatic carbocycles. The van der Waals surface area contributed by atoms with Crippen molar-refractivity contribution in [3.05, 3.63) is 61.9 Å². The van der Waals surface area contributed by atoms with Crippen molar-refractivity contribution in [1.82, 2.24) is 4.90 Å². The van der Waals surface area contributed by atoms with Crippen molar-refractivity contribution in [3.8, 4) is 5.75 Å². The maximum Gasteiger partial charge on any atom is 0.294 e. The number of hydrogen-bond donors (Lipinski definition) is 2. The Labute approximate surface area is 179 Å². The predicted octanol–water partition coefficient (Wildman–Crippen LogP) is 5.03. The Kier molecular flexibility index (Phi) is 6.20. The van der Waals surface area contributed by atoms with Crippen molar-refractivity contribution in [1.29, 1.82) is 0 Å². The Bertz CT molecular complexity index is 985. The lowest BCUT2D eigenvalue weighted by atomic mass is 10.2. The van der Waals surface area contributed by atoms with Crippen molar-refractivity contribution in [2.75, 3.05) is 11.9 Å². The molecule has 0 saturated carbocycles. The number of phenolic OH excluding ortho intramolecular Hbond substituents is 1. The molecule has 28 heavy (non-hydrogen) atoms. The highest BCUT2D eigenvalue weighted by Gasteiger charge is 2.36. The maximum atomic E-state index is 12.5. The highest BCUT2D eigenvalue weighted by molar-refractivity contribution is 8.18. The van der Waals surface area contributed by atoms with Crippen molar-refractivity contribution < 1.29 is 19.5 Å². The molecule has 0 unspecified atom stereocenters. The minimum atomic E-state index is -0.610. The average molecular weight is 458 g/mol. The molecular formula is C18H11Cl3N2O4S. The minimum absolute atomic E-state index is 0.0142. The molecule has 0 spiro atoms. The van der Waals surface area contributed by atoms with Crippen LogP contribution in [0.4, 0.5) is 10.5 Å². The number of imide groups is 1. The van der Waals surface area contributed by atoms with E-state index in [4.69, 9.17) is 34.8 Å². The Hall–Kier alpha value is -2.19. The van der Waals surface area contributed by atoms with Gasteiger partial charge >= 0.3 is 0 Å². The number of carbonyl (C=O) groups is 3. The van der Waals surface area contributed by atoms with Crippen LogP contribution in [-0.2, 0) is 9.59 Å². The van der Waals surface area contributed by atoms with Crippen LogP contribution in [0.2, 0.25) is 15.1 Å². The molecule has 1 fully saturated rings. The number of benzene rings is 2. The molecule has 1 heterocycles. The van der Waals surface area contributed by atoms with Crippen molar-refractivity contribution in [2.45, 2.75) is 0 Å². The van der Waals surface area contributed by atoms with E-state index in [2.05, 4.69) is 5.32 Å². The van der Waals surface area contributed by atoms with E-state index >= 15 is 0 Å². The lowest BCUT2D eigenvalue weighted by molar-refractivity contribution is -0.127. The van der Waals surface area contributed by atoms with Crippen LogP contribution in [0.5, 0.6) is 5.75 Å². The summed E-state index contributed by atoms with van der Waals surface area (Å²) in [7, 11) is 0. The zero-order valence-corrected chi connectivity index (χ0v) is 17.0. The van der Waals surface area contributed by atoms with Gasteiger partial charge in [-0.2, -0.15) is 0 Å². The molecule has 10 heteroatoms. The summed E-state index contributed by atoms with van der Waals surface area (Å²) in [5, 5.41) is 12.2. The second kappa shape index (κ2) is 8.45. The molecule has 0 aromatic heterocycles. The number of aromatic hydroxyl groups is 1. The molecule has 2 aromatic carbocycles. The van der Waals surface area contributed by atoms with Gasteiger partial charge in [0.25, 0.3) is 11.1 Å². The highest BCUT2D eigenvalue weighted by Crippen LogP contribution is 2.36. The van der Waals surface area contributed by atoms with Gasteiger partial charge in [0.1, 0.15) is 6.54 Å². The van der Waals surface area contributed by atoms with Crippen LogP contribution in [0, 0.1) is 0 Å². The Balaban J connectivity index is 1.72. The second-order valence-corrected chi connectivity index (χ2v) is 7.90. The number of anilines is 1. The van der Waals surface area contributed by atoms with Crippen LogP contribution in [0.25, 0.3) is 6.08 Å². The van der Waals surface area contributed by atoms with Crippen LogP contribution in [0.1, 0.15) is 5.56 Å². The van der Waals surface area contributed by atoms with E-state index in [0.717, 1.165) is 4.90 Å². The van der Waals surface area contributed by atoms with Crippen LogP contribution in [-0.4, -0.2) is 33.6 Å². The Morgan fingerprint density at radius 3 is 2.32 bits per heavy atom. The SMILES string of the molecule is O=C(CN1C(=O)S/C(=C\c2cc(Cl)c(O)c(Cl)c2)C1=O)Nc1ccc(Cl)cc1. The van der Waals surface area contributed by atoms with Gasteiger partial charge in [-0.05, 0) is 59.8 Å². The average Bonchev–Trinajstić information content (AvgIpc) is 2.89. The lowest BCUT2D eigenvalue weighted by Gasteiger charge is -2.12. The van der Waals surface area contributed by atoms with Crippen molar-refractivity contribution in [3.63, 3.8) is 0 Å². The summed E-state index contributed by atoms with van der Waals surface area (Å²) in [6.07, 6.45) is 1.42. The van der Waals surface area contributed by atoms with Gasteiger partial charge < -0.3 is 10.4 Å². The molecule has 3 amide bonds. The first-order valence-corrected chi connectivity index (χ1v) is 9.68. The third-order valence-corrected chi connectivity index (χ3v) is 5.38. The van der Waals surface area contributed by atoms with Gasteiger partial charge in [0.05, 0.1) is 15.0 Å². The number of amides is 3. The molecule has 0 bridgehead atoms. The number of phenols is 1. The van der Waals surface area contributed by atoms with Gasteiger partial charge in [0, 0.05) is 10.7 Å². The van der Waals surface area contributed by atoms with Gasteiger partial charge in [0.2, 0.25) is 5.91 Å². The molecule has 0 atom stereocenters. The molecular weight excluding hydrogens is 447 g/mol. The number of thioether (sulfide) groups is 1. The Morgan fingerprint density at radius 1 is 1.11 bits per heavy atom. The number of hydrogen-bond acceptors (Lipinski definition) is 5. The van der Waals surface area contributed by atoms with Crippen molar-refractivity contribution >= 4 is 75.4 Å². The molecule has 2 aromatic rings. The first kappa shape index (κ1) is 20.5. The smallest absolute Gasteiger partial charge is 0.294 e. The lowest BCUT2D eigenvalue weighted by Crippen LogP contribution is -2.36. The van der Waals surface area contributed by atoms with Crippen LogP contribution in [0.3, 0.4) is 0 Å². The van der Waals surface area contributed by atoms with E-state index in [0.29, 0.717) is 28.0 Å². The van der Waals surface area contributed by atoms with Crippen molar-refractivity contribution in [2.24, 2.45) is 0 Å². The van der Waals surface area contributed by atoms with Gasteiger partial charge in [-0.1, -0.05) is 34.8 Å². The predicted molar refractivity (Wildman–Crippen MR) is 111 cm³/mol. The first-order valence-electron chi connectivity index (χ1n) is 7.73. The quantitative estimate of drug-likeness (QED) is 0.629. The standard InChI is InChI=1S/C18H11Cl3N2O4S/c19-10-1-3-11(4-2-10)22-15(24)8-23-17(26)14(28-18(23)27)7-9-5-12(20)16(25)13(21)6-9/h1-7,25H,8H2,(H,22,24)/b14-7-. The third-order valence-electron chi connectivity index (χ3n) is 3.64. The van der Waals surface area contributed by atoms with E-state index in [1.54, 1.807) is 24.3 Å². The normalized spacial score (nSPS) is 15.4. The second-order valence-electron chi connectivity index (χ2n) is 5.66. The number of nitrogens with one attached hydrogen (secondary N) is 1. The van der Waals surface area contributed by atoms with Gasteiger partial charge in [-0.25, -0.2) is 0 Å². The van der Waals surface area contributed by atoms with Gasteiger partial charge in [-0.3, -0.25) is 19.3 Å². The summed E-state index contributed by atoms with van der Waals surface area (Å²) in [5.74, 6) is -1.41. The molecule has 6 nitrogen and oxygen atoms in total. The topological polar surface area (TPSA) is 86.7 Å². The molecule has 1 aliphatic rings. The fourth-order valence-corrected chi connectivity index (χ4v) is 3.80.